The standard InChI is InChI=1S/C13H19NO2S/c15-9-10-3-5-11(6-4-10)14-13(16)8-12-2-1-7-17-12/h1-2,7,10-11,15H,3-6,8-9H2,(H,14,16). The molecule has 3 nitrogen and oxygen atoms in total. The lowest BCUT2D eigenvalue weighted by molar-refractivity contribution is -0.121. The number of nitrogens with one attached hydrogen (secondary N) is 1. The Hall–Kier alpha value is -0.870. The molecule has 2 rings (SSSR count). The maximum absolute atomic E-state index is 11.8. The van der Waals surface area contributed by atoms with E-state index < -0.39 is 0 Å². The van der Waals surface area contributed by atoms with E-state index >= 15 is 0 Å². The zero-order valence-corrected chi connectivity index (χ0v) is 10.7. The third-order valence-corrected chi connectivity index (χ3v) is 4.26. The number of amides is 1. The second kappa shape index (κ2) is 6.17. The zero-order valence-electron chi connectivity index (χ0n) is 9.89. The van der Waals surface area contributed by atoms with Crippen LogP contribution in [0.4, 0.5) is 0 Å². The van der Waals surface area contributed by atoms with E-state index in [1.807, 2.05) is 17.5 Å². The van der Waals surface area contributed by atoms with Crippen LogP contribution in [0.25, 0.3) is 0 Å². The molecular formula is C13H19NO2S. The second-order valence-electron chi connectivity index (χ2n) is 4.72. The fourth-order valence-corrected chi connectivity index (χ4v) is 3.04. The van der Waals surface area contributed by atoms with E-state index in [4.69, 9.17) is 5.11 Å². The number of hydrogen-bond donors (Lipinski definition) is 2. The van der Waals surface area contributed by atoms with Crippen LogP contribution >= 0.6 is 11.3 Å². The summed E-state index contributed by atoms with van der Waals surface area (Å²) in [5.74, 6) is 0.570. The fourth-order valence-electron chi connectivity index (χ4n) is 2.34. The first-order valence-corrected chi connectivity index (χ1v) is 7.08. The predicted octanol–water partition coefficient (Wildman–Crippen LogP) is 1.96. The Morgan fingerprint density at radius 3 is 2.76 bits per heavy atom. The highest BCUT2D eigenvalue weighted by Crippen LogP contribution is 2.23. The fraction of sp³-hybridized carbons (Fsp3) is 0.615. The molecule has 0 radical (unpaired) electrons. The average Bonchev–Trinajstić information content (AvgIpc) is 2.82. The Bertz CT molecular complexity index is 342. The summed E-state index contributed by atoms with van der Waals surface area (Å²) < 4.78 is 0. The maximum Gasteiger partial charge on any atom is 0.225 e. The number of rotatable bonds is 4. The zero-order chi connectivity index (χ0) is 12.1. The molecule has 0 aromatic carbocycles. The van der Waals surface area contributed by atoms with Crippen LogP contribution < -0.4 is 5.32 Å². The van der Waals surface area contributed by atoms with Crippen molar-refractivity contribution < 1.29 is 9.90 Å². The Morgan fingerprint density at radius 1 is 1.41 bits per heavy atom. The van der Waals surface area contributed by atoms with Crippen LogP contribution in [0.5, 0.6) is 0 Å². The van der Waals surface area contributed by atoms with Crippen molar-refractivity contribution in [1.82, 2.24) is 5.32 Å². The minimum Gasteiger partial charge on any atom is -0.396 e. The van der Waals surface area contributed by atoms with Crippen LogP contribution in [0.15, 0.2) is 17.5 Å². The smallest absolute Gasteiger partial charge is 0.225 e. The third kappa shape index (κ3) is 3.82. The van der Waals surface area contributed by atoms with Crippen molar-refractivity contribution >= 4 is 17.2 Å². The Balaban J connectivity index is 1.72. The van der Waals surface area contributed by atoms with Crippen LogP contribution in [-0.4, -0.2) is 23.7 Å². The summed E-state index contributed by atoms with van der Waals surface area (Å²) in [5, 5.41) is 14.1. The quantitative estimate of drug-likeness (QED) is 0.861. The highest BCUT2D eigenvalue weighted by Gasteiger charge is 2.21. The van der Waals surface area contributed by atoms with Crippen LogP contribution in [0, 0.1) is 5.92 Å². The summed E-state index contributed by atoms with van der Waals surface area (Å²) in [7, 11) is 0. The summed E-state index contributed by atoms with van der Waals surface area (Å²) in [6.07, 6.45) is 4.56. The van der Waals surface area contributed by atoms with E-state index in [9.17, 15) is 4.79 Å². The van der Waals surface area contributed by atoms with Gasteiger partial charge < -0.3 is 10.4 Å². The molecule has 1 aromatic rings. The molecule has 0 aliphatic heterocycles. The van der Waals surface area contributed by atoms with Gasteiger partial charge in [-0.25, -0.2) is 0 Å². The topological polar surface area (TPSA) is 49.3 Å². The Kier molecular flexibility index (Phi) is 4.57. The molecule has 94 valence electrons. The van der Waals surface area contributed by atoms with Crippen molar-refractivity contribution in [1.29, 1.82) is 0 Å². The minimum atomic E-state index is 0.125. The van der Waals surface area contributed by atoms with Gasteiger partial charge in [0.1, 0.15) is 0 Å². The maximum atomic E-state index is 11.8. The lowest BCUT2D eigenvalue weighted by Gasteiger charge is -2.27. The average molecular weight is 253 g/mol. The first-order valence-electron chi connectivity index (χ1n) is 6.20. The lowest BCUT2D eigenvalue weighted by Crippen LogP contribution is -2.38. The van der Waals surface area contributed by atoms with Gasteiger partial charge in [0, 0.05) is 17.5 Å². The SMILES string of the molecule is O=C(Cc1cccs1)NC1CCC(CO)CC1. The minimum absolute atomic E-state index is 0.125. The van der Waals surface area contributed by atoms with Crippen LogP contribution in [0.1, 0.15) is 30.6 Å². The number of aliphatic hydroxyl groups is 1. The normalized spacial score (nSPS) is 24.5. The number of thiophene rings is 1. The van der Waals surface area contributed by atoms with Gasteiger partial charge in [-0.1, -0.05) is 6.07 Å². The number of aliphatic hydroxyl groups excluding tert-OH is 1. The summed E-state index contributed by atoms with van der Waals surface area (Å²) in [6.45, 7) is 0.288. The van der Waals surface area contributed by atoms with Gasteiger partial charge >= 0.3 is 0 Å². The summed E-state index contributed by atoms with van der Waals surface area (Å²) in [4.78, 5) is 12.9. The summed E-state index contributed by atoms with van der Waals surface area (Å²) in [6, 6.07) is 4.28. The second-order valence-corrected chi connectivity index (χ2v) is 5.76. The molecule has 0 saturated heterocycles. The van der Waals surface area contributed by atoms with Crippen LogP contribution in [0.3, 0.4) is 0 Å². The molecule has 1 aliphatic carbocycles. The van der Waals surface area contributed by atoms with Crippen LogP contribution in [0.2, 0.25) is 0 Å². The van der Waals surface area contributed by atoms with E-state index in [1.165, 1.54) is 0 Å². The summed E-state index contributed by atoms with van der Waals surface area (Å²) >= 11 is 1.62. The Labute approximate surface area is 106 Å². The van der Waals surface area contributed by atoms with E-state index in [2.05, 4.69) is 5.32 Å². The molecule has 1 amide bonds. The first-order chi connectivity index (χ1) is 8.28. The van der Waals surface area contributed by atoms with Gasteiger partial charge in [-0.3, -0.25) is 4.79 Å². The van der Waals surface area contributed by atoms with Gasteiger partial charge in [-0.2, -0.15) is 0 Å². The van der Waals surface area contributed by atoms with Gasteiger partial charge in [0.15, 0.2) is 0 Å². The highest BCUT2D eigenvalue weighted by molar-refractivity contribution is 7.10. The third-order valence-electron chi connectivity index (χ3n) is 3.38. The van der Waals surface area contributed by atoms with Gasteiger partial charge in [0.2, 0.25) is 5.91 Å². The van der Waals surface area contributed by atoms with Crippen molar-refractivity contribution in [2.24, 2.45) is 5.92 Å². The largest absolute Gasteiger partial charge is 0.396 e. The molecule has 0 atom stereocenters. The monoisotopic (exact) mass is 253 g/mol. The van der Waals surface area contributed by atoms with Gasteiger partial charge in [0.05, 0.1) is 6.42 Å². The molecule has 2 N–H and O–H groups in total. The summed E-state index contributed by atoms with van der Waals surface area (Å²) in [5.41, 5.74) is 0. The Morgan fingerprint density at radius 2 is 2.18 bits per heavy atom. The first kappa shape index (κ1) is 12.6. The molecule has 1 saturated carbocycles. The van der Waals surface area contributed by atoms with Gasteiger partial charge in [-0.15, -0.1) is 11.3 Å². The van der Waals surface area contributed by atoms with E-state index in [0.717, 1.165) is 30.6 Å². The van der Waals surface area contributed by atoms with Crippen molar-refractivity contribution in [2.45, 2.75) is 38.1 Å². The van der Waals surface area contributed by atoms with Crippen molar-refractivity contribution in [2.75, 3.05) is 6.61 Å². The molecule has 0 unspecified atom stereocenters. The molecule has 0 bridgehead atoms. The number of carbonyl (C=O) groups is 1. The molecule has 0 spiro atoms. The molecule has 4 heteroatoms. The van der Waals surface area contributed by atoms with E-state index in [-0.39, 0.29) is 12.5 Å². The van der Waals surface area contributed by atoms with Crippen molar-refractivity contribution in [3.05, 3.63) is 22.4 Å². The molecular weight excluding hydrogens is 234 g/mol. The molecule has 1 heterocycles. The highest BCUT2D eigenvalue weighted by atomic mass is 32.1. The van der Waals surface area contributed by atoms with Crippen molar-refractivity contribution in [3.63, 3.8) is 0 Å². The van der Waals surface area contributed by atoms with E-state index in [0.29, 0.717) is 18.4 Å². The predicted molar refractivity (Wildman–Crippen MR) is 69.0 cm³/mol. The molecule has 1 aromatic heterocycles. The molecule has 1 aliphatic rings. The van der Waals surface area contributed by atoms with Gasteiger partial charge in [-0.05, 0) is 43.0 Å². The van der Waals surface area contributed by atoms with E-state index in [1.54, 1.807) is 11.3 Å². The van der Waals surface area contributed by atoms with Crippen LogP contribution in [-0.2, 0) is 11.2 Å². The molecule has 17 heavy (non-hydrogen) atoms. The van der Waals surface area contributed by atoms with Gasteiger partial charge in [0.25, 0.3) is 0 Å². The number of hydrogen-bond acceptors (Lipinski definition) is 3. The number of carbonyl (C=O) groups excluding carboxylic acids is 1. The lowest BCUT2D eigenvalue weighted by atomic mass is 9.86. The molecule has 1 fully saturated rings. The van der Waals surface area contributed by atoms with Crippen molar-refractivity contribution in [3.8, 4) is 0 Å².